The van der Waals surface area contributed by atoms with Crippen LogP contribution in [0.3, 0.4) is 0 Å². The number of furan rings is 1. The Labute approximate surface area is 122 Å². The van der Waals surface area contributed by atoms with E-state index < -0.39 is 5.76 Å². The lowest BCUT2D eigenvalue weighted by Gasteiger charge is -2.32. The quantitative estimate of drug-likeness (QED) is 0.874. The normalized spacial score (nSPS) is 19.6. The molecule has 1 aromatic heterocycles. The molecule has 0 saturated carbocycles. The fraction of sp³-hybridized carbons (Fsp3) is 0.714. The second-order valence-electron chi connectivity index (χ2n) is 5.29. The average Bonchev–Trinajstić information content (AvgIpc) is 2.84. The summed E-state index contributed by atoms with van der Waals surface area (Å²) in [7, 11) is 0. The lowest BCUT2D eigenvalue weighted by atomic mass is 9.92. The van der Waals surface area contributed by atoms with Crippen LogP contribution in [0.4, 0.5) is 8.78 Å². The predicted octanol–water partition coefficient (Wildman–Crippen LogP) is 3.33. The number of aliphatic hydroxyl groups is 1. The minimum absolute atomic E-state index is 0.210. The van der Waals surface area contributed by atoms with Crippen LogP contribution < -0.4 is 0 Å². The maximum absolute atomic E-state index is 12.1. The highest BCUT2D eigenvalue weighted by Crippen LogP contribution is 2.24. The Hall–Kier alpha value is -0.590. The van der Waals surface area contributed by atoms with E-state index in [0.29, 0.717) is 30.0 Å². The van der Waals surface area contributed by atoms with Gasteiger partial charge in [0.2, 0.25) is 0 Å². The molecule has 0 bridgehead atoms. The summed E-state index contributed by atoms with van der Waals surface area (Å²) in [4.78, 5) is 2.28. The van der Waals surface area contributed by atoms with E-state index in [1.807, 2.05) is 13.0 Å². The van der Waals surface area contributed by atoms with Crippen molar-refractivity contribution in [1.29, 1.82) is 0 Å². The van der Waals surface area contributed by atoms with Gasteiger partial charge in [-0.15, -0.1) is 0 Å². The van der Waals surface area contributed by atoms with Gasteiger partial charge in [-0.1, -0.05) is 11.8 Å². The number of hydrogen-bond donors (Lipinski definition) is 1. The van der Waals surface area contributed by atoms with Gasteiger partial charge in [-0.3, -0.25) is 4.90 Å². The summed E-state index contributed by atoms with van der Waals surface area (Å²) in [5.41, 5.74) is 0. The van der Waals surface area contributed by atoms with Gasteiger partial charge >= 0.3 is 0 Å². The monoisotopic (exact) mass is 305 g/mol. The van der Waals surface area contributed by atoms with Crippen molar-refractivity contribution in [3.63, 3.8) is 0 Å². The smallest absolute Gasteiger partial charge is 0.284 e. The van der Waals surface area contributed by atoms with Crippen LogP contribution >= 0.6 is 11.8 Å². The van der Waals surface area contributed by atoms with Crippen LogP contribution in [0.1, 0.15) is 31.3 Å². The topological polar surface area (TPSA) is 36.6 Å². The van der Waals surface area contributed by atoms with Gasteiger partial charge in [0, 0.05) is 0 Å². The lowest BCUT2D eigenvalue weighted by molar-refractivity contribution is 0.0672. The van der Waals surface area contributed by atoms with Crippen LogP contribution in [0, 0.1) is 5.92 Å². The Kier molecular flexibility index (Phi) is 5.86. The molecule has 1 aliphatic heterocycles. The number of thioether (sulfide) groups is 1. The highest BCUT2D eigenvalue weighted by molar-refractivity contribution is 7.98. The van der Waals surface area contributed by atoms with Crippen LogP contribution in [0.15, 0.2) is 16.5 Å². The standard InChI is InChI=1S/C14H21F2NO2S/c1-10(18)11-4-6-17(7-5-11)8-12-2-3-13(19-12)9-20-14(15)16/h2-3,10-11,14,18H,4-9H2,1H3. The number of alkyl halides is 2. The molecular weight excluding hydrogens is 284 g/mol. The molecular formula is C14H21F2NO2S. The van der Waals surface area contributed by atoms with Gasteiger partial charge in [-0.05, 0) is 50.9 Å². The molecule has 1 aromatic rings. The van der Waals surface area contributed by atoms with Gasteiger partial charge in [0.25, 0.3) is 5.76 Å². The van der Waals surface area contributed by atoms with Crippen molar-refractivity contribution < 1.29 is 18.3 Å². The first kappa shape index (κ1) is 15.8. The van der Waals surface area contributed by atoms with E-state index in [-0.39, 0.29) is 11.9 Å². The number of piperidine rings is 1. The molecule has 3 nitrogen and oxygen atoms in total. The molecule has 0 radical (unpaired) electrons. The Morgan fingerprint density at radius 2 is 2.00 bits per heavy atom. The summed E-state index contributed by atoms with van der Waals surface area (Å²) in [5.74, 6) is -0.333. The molecule has 20 heavy (non-hydrogen) atoms. The van der Waals surface area contributed by atoms with Crippen molar-refractivity contribution in [2.24, 2.45) is 5.92 Å². The zero-order valence-electron chi connectivity index (χ0n) is 11.6. The Bertz CT molecular complexity index is 404. The third kappa shape index (κ3) is 4.75. The number of aliphatic hydroxyl groups excluding tert-OH is 1. The molecule has 2 rings (SSSR count). The average molecular weight is 305 g/mol. The second-order valence-corrected chi connectivity index (χ2v) is 6.27. The van der Waals surface area contributed by atoms with Crippen LogP contribution in [-0.2, 0) is 12.3 Å². The molecule has 1 N–H and O–H groups in total. The van der Waals surface area contributed by atoms with Crippen LogP contribution in [0.25, 0.3) is 0 Å². The fourth-order valence-corrected chi connectivity index (χ4v) is 2.99. The van der Waals surface area contributed by atoms with Gasteiger partial charge in [0.1, 0.15) is 11.5 Å². The van der Waals surface area contributed by atoms with Gasteiger partial charge in [0.15, 0.2) is 0 Å². The highest BCUT2D eigenvalue weighted by Gasteiger charge is 2.23. The molecule has 1 aliphatic rings. The van der Waals surface area contributed by atoms with Crippen molar-refractivity contribution in [2.75, 3.05) is 13.1 Å². The predicted molar refractivity (Wildman–Crippen MR) is 75.7 cm³/mol. The first-order chi connectivity index (χ1) is 9.54. The summed E-state index contributed by atoms with van der Waals surface area (Å²) in [6.45, 7) is 4.44. The molecule has 0 aliphatic carbocycles. The lowest BCUT2D eigenvalue weighted by Crippen LogP contribution is -2.36. The minimum atomic E-state index is -2.36. The van der Waals surface area contributed by atoms with E-state index in [1.165, 1.54) is 0 Å². The third-order valence-electron chi connectivity index (χ3n) is 3.76. The molecule has 0 aromatic carbocycles. The van der Waals surface area contributed by atoms with Crippen LogP contribution in [0.2, 0.25) is 0 Å². The summed E-state index contributed by atoms with van der Waals surface area (Å²) >= 11 is 0.579. The molecule has 1 saturated heterocycles. The number of hydrogen-bond acceptors (Lipinski definition) is 4. The van der Waals surface area contributed by atoms with E-state index >= 15 is 0 Å². The van der Waals surface area contributed by atoms with Crippen LogP contribution in [-0.4, -0.2) is 35.0 Å². The Morgan fingerprint density at radius 3 is 2.60 bits per heavy atom. The molecule has 6 heteroatoms. The van der Waals surface area contributed by atoms with Crippen molar-refractivity contribution in [3.05, 3.63) is 23.7 Å². The summed E-state index contributed by atoms with van der Waals surface area (Å²) in [6, 6.07) is 3.63. The SMILES string of the molecule is CC(O)C1CCN(Cc2ccc(CSC(F)F)o2)CC1. The van der Waals surface area contributed by atoms with Gasteiger partial charge in [-0.2, -0.15) is 8.78 Å². The van der Waals surface area contributed by atoms with Gasteiger partial charge in [0.05, 0.1) is 18.4 Å². The molecule has 0 spiro atoms. The van der Waals surface area contributed by atoms with E-state index in [9.17, 15) is 13.9 Å². The van der Waals surface area contributed by atoms with E-state index in [1.54, 1.807) is 6.07 Å². The number of rotatable bonds is 6. The minimum Gasteiger partial charge on any atom is -0.464 e. The van der Waals surface area contributed by atoms with Gasteiger partial charge < -0.3 is 9.52 Å². The van der Waals surface area contributed by atoms with Crippen molar-refractivity contribution >= 4 is 11.8 Å². The van der Waals surface area contributed by atoms with Crippen molar-refractivity contribution in [2.45, 2.75) is 43.9 Å². The fourth-order valence-electron chi connectivity index (χ4n) is 2.54. The first-order valence-electron chi connectivity index (χ1n) is 6.92. The molecule has 1 unspecified atom stereocenters. The summed E-state index contributed by atoms with van der Waals surface area (Å²) in [5, 5.41) is 9.56. The number of halogens is 2. The molecule has 1 atom stereocenters. The third-order valence-corrected chi connectivity index (χ3v) is 4.47. The van der Waals surface area contributed by atoms with Crippen molar-refractivity contribution in [3.8, 4) is 0 Å². The Morgan fingerprint density at radius 1 is 1.35 bits per heavy atom. The highest BCUT2D eigenvalue weighted by atomic mass is 32.2. The molecule has 0 amide bonds. The number of likely N-dealkylation sites (tertiary alicyclic amines) is 1. The molecule has 2 heterocycles. The zero-order valence-corrected chi connectivity index (χ0v) is 12.4. The maximum atomic E-state index is 12.1. The van der Waals surface area contributed by atoms with E-state index in [2.05, 4.69) is 4.90 Å². The maximum Gasteiger partial charge on any atom is 0.284 e. The van der Waals surface area contributed by atoms with Crippen molar-refractivity contribution in [1.82, 2.24) is 4.90 Å². The first-order valence-corrected chi connectivity index (χ1v) is 7.97. The summed E-state index contributed by atoms with van der Waals surface area (Å²) in [6.07, 6.45) is 1.75. The Balaban J connectivity index is 1.77. The largest absolute Gasteiger partial charge is 0.464 e. The van der Waals surface area contributed by atoms with Gasteiger partial charge in [-0.25, -0.2) is 0 Å². The number of nitrogens with zero attached hydrogens (tertiary/aromatic N) is 1. The zero-order chi connectivity index (χ0) is 14.5. The molecule has 114 valence electrons. The second kappa shape index (κ2) is 7.43. The van der Waals surface area contributed by atoms with E-state index in [0.717, 1.165) is 31.7 Å². The van der Waals surface area contributed by atoms with Crippen LogP contribution in [0.5, 0.6) is 0 Å². The summed E-state index contributed by atoms with van der Waals surface area (Å²) < 4.78 is 29.8. The molecule has 1 fully saturated rings. The van der Waals surface area contributed by atoms with E-state index in [4.69, 9.17) is 4.42 Å².